The molecular weight excluding hydrogens is 268 g/mol. The molecule has 0 radical (unpaired) electrons. The van der Waals surface area contributed by atoms with Gasteiger partial charge in [0.2, 0.25) is 0 Å². The predicted molar refractivity (Wildman–Crippen MR) is 78.3 cm³/mol. The topological polar surface area (TPSA) is 44.8 Å². The number of fused-ring (bicyclic) bond motifs is 1. The first-order chi connectivity index (χ1) is 10.2. The van der Waals surface area contributed by atoms with Gasteiger partial charge in [-0.25, -0.2) is 0 Å². The number of methoxy groups -OCH3 is 1. The van der Waals surface area contributed by atoms with E-state index in [1.165, 1.54) is 0 Å². The lowest BCUT2D eigenvalue weighted by molar-refractivity contribution is 0.0306. The Hall–Kier alpha value is -2.49. The number of aldehydes is 1. The van der Waals surface area contributed by atoms with Gasteiger partial charge in [-0.1, -0.05) is 12.1 Å². The Morgan fingerprint density at radius 1 is 1.05 bits per heavy atom. The number of hydrogen-bond acceptors (Lipinski definition) is 4. The van der Waals surface area contributed by atoms with E-state index >= 15 is 0 Å². The number of benzene rings is 2. The van der Waals surface area contributed by atoms with E-state index in [2.05, 4.69) is 0 Å². The molecule has 2 aromatic carbocycles. The summed E-state index contributed by atoms with van der Waals surface area (Å²) in [5.74, 6) is 2.07. The minimum atomic E-state index is -0.189. The zero-order chi connectivity index (χ0) is 14.8. The van der Waals surface area contributed by atoms with Gasteiger partial charge in [0.15, 0.2) is 17.6 Å². The monoisotopic (exact) mass is 284 g/mol. The molecule has 2 unspecified atom stereocenters. The lowest BCUT2D eigenvalue weighted by Gasteiger charge is -2.32. The third-order valence-electron chi connectivity index (χ3n) is 3.54. The van der Waals surface area contributed by atoms with Crippen LogP contribution in [0.4, 0.5) is 0 Å². The molecule has 0 spiro atoms. The number of carbonyl (C=O) groups is 1. The summed E-state index contributed by atoms with van der Waals surface area (Å²) in [6, 6.07) is 12.9. The van der Waals surface area contributed by atoms with E-state index in [9.17, 15) is 4.79 Å². The van der Waals surface area contributed by atoms with Gasteiger partial charge in [-0.15, -0.1) is 0 Å². The van der Waals surface area contributed by atoms with E-state index in [0.717, 1.165) is 17.6 Å². The van der Waals surface area contributed by atoms with Crippen molar-refractivity contribution in [1.82, 2.24) is 0 Å². The molecule has 0 N–H and O–H groups in total. The second-order valence-corrected chi connectivity index (χ2v) is 4.96. The van der Waals surface area contributed by atoms with Crippen LogP contribution < -0.4 is 14.2 Å². The molecule has 0 amide bonds. The molecule has 3 rings (SSSR count). The molecule has 0 aromatic heterocycles. The average Bonchev–Trinajstić information content (AvgIpc) is 2.53. The summed E-state index contributed by atoms with van der Waals surface area (Å²) in [6.45, 7) is 1.95. The predicted octanol–water partition coefficient (Wildman–Crippen LogP) is 3.41. The molecule has 0 bridgehead atoms. The van der Waals surface area contributed by atoms with Crippen molar-refractivity contribution in [2.24, 2.45) is 0 Å². The molecule has 2 atom stereocenters. The third kappa shape index (κ3) is 2.57. The molecule has 0 fully saturated rings. The molecule has 4 nitrogen and oxygen atoms in total. The van der Waals surface area contributed by atoms with Crippen molar-refractivity contribution in [3.63, 3.8) is 0 Å². The molecule has 21 heavy (non-hydrogen) atoms. The molecular formula is C17H16O4. The molecule has 4 heteroatoms. The van der Waals surface area contributed by atoms with Gasteiger partial charge in [-0.05, 0) is 42.8 Å². The van der Waals surface area contributed by atoms with Gasteiger partial charge in [0.25, 0.3) is 0 Å². The summed E-state index contributed by atoms with van der Waals surface area (Å²) in [4.78, 5) is 10.8. The Morgan fingerprint density at radius 3 is 2.48 bits per heavy atom. The maximum atomic E-state index is 10.8. The number of ether oxygens (including phenoxy) is 3. The van der Waals surface area contributed by atoms with E-state index in [1.54, 1.807) is 25.3 Å². The van der Waals surface area contributed by atoms with Gasteiger partial charge in [0.05, 0.1) is 7.11 Å². The average molecular weight is 284 g/mol. The van der Waals surface area contributed by atoms with E-state index < -0.39 is 0 Å². The van der Waals surface area contributed by atoms with Crippen LogP contribution in [-0.2, 0) is 0 Å². The van der Waals surface area contributed by atoms with Crippen LogP contribution in [-0.4, -0.2) is 19.5 Å². The number of hydrogen-bond donors (Lipinski definition) is 0. The van der Waals surface area contributed by atoms with Crippen LogP contribution in [0.5, 0.6) is 17.2 Å². The second kappa shape index (κ2) is 5.48. The normalized spacial score (nSPS) is 19.9. The van der Waals surface area contributed by atoms with Gasteiger partial charge in [-0.2, -0.15) is 0 Å². The van der Waals surface area contributed by atoms with E-state index in [-0.39, 0.29) is 12.2 Å². The molecule has 1 aliphatic heterocycles. The summed E-state index contributed by atoms with van der Waals surface area (Å²) in [5.41, 5.74) is 1.60. The summed E-state index contributed by atoms with van der Waals surface area (Å²) >= 11 is 0. The third-order valence-corrected chi connectivity index (χ3v) is 3.54. The molecule has 0 aliphatic carbocycles. The smallest absolute Gasteiger partial charge is 0.162 e. The second-order valence-electron chi connectivity index (χ2n) is 4.96. The highest BCUT2D eigenvalue weighted by atomic mass is 16.6. The van der Waals surface area contributed by atoms with Gasteiger partial charge >= 0.3 is 0 Å². The maximum absolute atomic E-state index is 10.8. The zero-order valence-electron chi connectivity index (χ0n) is 11.9. The zero-order valence-corrected chi connectivity index (χ0v) is 11.9. The molecule has 2 aromatic rings. The van der Waals surface area contributed by atoms with E-state index in [0.29, 0.717) is 17.1 Å². The highest BCUT2D eigenvalue weighted by Gasteiger charge is 2.29. The molecule has 0 saturated carbocycles. The van der Waals surface area contributed by atoms with Crippen LogP contribution in [0, 0.1) is 0 Å². The summed E-state index contributed by atoms with van der Waals surface area (Å²) in [7, 11) is 1.64. The Labute approximate surface area is 123 Å². The fourth-order valence-electron chi connectivity index (χ4n) is 2.41. The molecule has 1 heterocycles. The van der Waals surface area contributed by atoms with Crippen molar-refractivity contribution < 1.29 is 19.0 Å². The quantitative estimate of drug-likeness (QED) is 0.810. The van der Waals surface area contributed by atoms with Crippen molar-refractivity contribution in [3.8, 4) is 17.2 Å². The van der Waals surface area contributed by atoms with Crippen LogP contribution in [0.1, 0.15) is 28.9 Å². The summed E-state index contributed by atoms with van der Waals surface area (Å²) < 4.78 is 17.1. The minimum absolute atomic E-state index is 0.146. The van der Waals surface area contributed by atoms with Crippen molar-refractivity contribution in [1.29, 1.82) is 0 Å². The lowest BCUT2D eigenvalue weighted by Crippen LogP contribution is -2.30. The standard InChI is InChI=1S/C17H16O4/c1-11-17(13-4-6-14(19-2)7-5-13)21-15-8-3-12(10-18)9-16(15)20-11/h3-11,17H,1-2H3. The van der Waals surface area contributed by atoms with Gasteiger partial charge in [0, 0.05) is 5.56 Å². The van der Waals surface area contributed by atoms with Crippen LogP contribution in [0.3, 0.4) is 0 Å². The number of carbonyl (C=O) groups excluding carboxylic acids is 1. The van der Waals surface area contributed by atoms with E-state index in [4.69, 9.17) is 14.2 Å². The maximum Gasteiger partial charge on any atom is 0.162 e. The van der Waals surface area contributed by atoms with Gasteiger partial charge in [-0.3, -0.25) is 4.79 Å². The first-order valence-electron chi connectivity index (χ1n) is 6.78. The van der Waals surface area contributed by atoms with E-state index in [1.807, 2.05) is 31.2 Å². The summed E-state index contributed by atoms with van der Waals surface area (Å²) in [5, 5.41) is 0. The van der Waals surface area contributed by atoms with Crippen LogP contribution in [0.25, 0.3) is 0 Å². The highest BCUT2D eigenvalue weighted by molar-refractivity contribution is 5.76. The summed E-state index contributed by atoms with van der Waals surface area (Å²) in [6.07, 6.45) is 0.461. The Kier molecular flexibility index (Phi) is 3.52. The first-order valence-corrected chi connectivity index (χ1v) is 6.78. The minimum Gasteiger partial charge on any atom is -0.497 e. The van der Waals surface area contributed by atoms with Crippen LogP contribution in [0.2, 0.25) is 0 Å². The van der Waals surface area contributed by atoms with Gasteiger partial charge < -0.3 is 14.2 Å². The first kappa shape index (κ1) is 13.5. The van der Waals surface area contributed by atoms with Gasteiger partial charge in [0.1, 0.15) is 18.1 Å². The largest absolute Gasteiger partial charge is 0.497 e. The fourth-order valence-corrected chi connectivity index (χ4v) is 2.41. The Balaban J connectivity index is 1.89. The van der Waals surface area contributed by atoms with Crippen molar-refractivity contribution in [3.05, 3.63) is 53.6 Å². The van der Waals surface area contributed by atoms with Crippen LogP contribution in [0.15, 0.2) is 42.5 Å². The lowest BCUT2D eigenvalue weighted by atomic mass is 10.0. The van der Waals surface area contributed by atoms with Crippen LogP contribution >= 0.6 is 0 Å². The molecule has 1 aliphatic rings. The van der Waals surface area contributed by atoms with Crippen molar-refractivity contribution >= 4 is 6.29 Å². The fraction of sp³-hybridized carbons (Fsp3) is 0.235. The highest BCUT2D eigenvalue weighted by Crippen LogP contribution is 2.39. The molecule has 108 valence electrons. The Bertz CT molecular complexity index is 648. The molecule has 0 saturated heterocycles. The van der Waals surface area contributed by atoms with Crippen molar-refractivity contribution in [2.45, 2.75) is 19.1 Å². The SMILES string of the molecule is COc1ccc(C2Oc3ccc(C=O)cc3OC2C)cc1. The number of rotatable bonds is 3. The Morgan fingerprint density at radius 2 is 1.81 bits per heavy atom. The van der Waals surface area contributed by atoms with Crippen molar-refractivity contribution in [2.75, 3.05) is 7.11 Å².